The normalized spacial score (nSPS) is 10.8. The number of carbonyl (C=O) groups is 1. The van der Waals surface area contributed by atoms with Gasteiger partial charge in [0.15, 0.2) is 0 Å². The number of rotatable bonds is 9. The molecule has 0 bridgehead atoms. The van der Waals surface area contributed by atoms with Gasteiger partial charge in [-0.25, -0.2) is 4.98 Å². The first kappa shape index (κ1) is 20.8. The van der Waals surface area contributed by atoms with Gasteiger partial charge in [-0.3, -0.25) is 10.2 Å². The maximum atomic E-state index is 11.5. The van der Waals surface area contributed by atoms with Crippen molar-refractivity contribution in [3.8, 4) is 5.75 Å². The number of hydrazone groups is 1. The third-order valence-electron chi connectivity index (χ3n) is 3.75. The van der Waals surface area contributed by atoms with Gasteiger partial charge in [0.1, 0.15) is 12.4 Å². The van der Waals surface area contributed by atoms with E-state index < -0.39 is 0 Å². The second kappa shape index (κ2) is 10.6. The molecule has 0 saturated heterocycles. The zero-order valence-corrected chi connectivity index (χ0v) is 17.4. The minimum atomic E-state index is -0.293. The van der Waals surface area contributed by atoms with Crippen LogP contribution < -0.4 is 10.2 Å². The number of hydrogen-bond acceptors (Lipinski definition) is 7. The smallest absolute Gasteiger partial charge is 0.311 e. The van der Waals surface area contributed by atoms with Crippen molar-refractivity contribution >= 4 is 40.3 Å². The molecular weight excluding hydrogens is 410 g/mol. The fourth-order valence-electron chi connectivity index (χ4n) is 2.46. The molecule has 0 saturated carbocycles. The summed E-state index contributed by atoms with van der Waals surface area (Å²) in [7, 11) is 0. The lowest BCUT2D eigenvalue weighted by atomic mass is 10.2. The van der Waals surface area contributed by atoms with Crippen LogP contribution in [-0.2, 0) is 22.6 Å². The quantitative estimate of drug-likeness (QED) is 0.296. The van der Waals surface area contributed by atoms with Crippen molar-refractivity contribution in [2.75, 3.05) is 12.0 Å². The molecule has 8 heteroatoms. The molecule has 150 valence electrons. The highest BCUT2D eigenvalue weighted by Crippen LogP contribution is 2.20. The summed E-state index contributed by atoms with van der Waals surface area (Å²) in [4.78, 5) is 15.8. The number of halogens is 1. The van der Waals surface area contributed by atoms with Crippen molar-refractivity contribution in [2.24, 2.45) is 5.10 Å². The molecule has 0 aliphatic carbocycles. The SMILES string of the molecule is CCOC(=O)Cc1csc(NN=Cc2ccccc2OCc2cccc(Cl)c2)n1. The van der Waals surface area contributed by atoms with Crippen LogP contribution in [0.4, 0.5) is 5.13 Å². The first-order valence-corrected chi connectivity index (χ1v) is 10.2. The first-order valence-electron chi connectivity index (χ1n) is 8.99. The van der Waals surface area contributed by atoms with E-state index in [1.807, 2.05) is 48.5 Å². The molecular formula is C21H20ClN3O3S. The van der Waals surface area contributed by atoms with Crippen molar-refractivity contribution in [1.82, 2.24) is 4.98 Å². The number of thiazole rings is 1. The van der Waals surface area contributed by atoms with Crippen molar-refractivity contribution in [3.63, 3.8) is 0 Å². The minimum Gasteiger partial charge on any atom is -0.488 e. The van der Waals surface area contributed by atoms with Crippen LogP contribution in [0.5, 0.6) is 5.75 Å². The summed E-state index contributed by atoms with van der Waals surface area (Å²) in [5.41, 5.74) is 5.34. The Bertz CT molecular complexity index is 991. The Labute approximate surface area is 178 Å². The van der Waals surface area contributed by atoms with Crippen LogP contribution in [0.25, 0.3) is 0 Å². The molecule has 0 spiro atoms. The summed E-state index contributed by atoms with van der Waals surface area (Å²) in [5, 5.41) is 7.30. The number of aromatic nitrogens is 1. The molecule has 6 nitrogen and oxygen atoms in total. The molecule has 1 aromatic heterocycles. The second-order valence-electron chi connectivity index (χ2n) is 5.95. The van der Waals surface area contributed by atoms with Gasteiger partial charge in [-0.2, -0.15) is 5.10 Å². The van der Waals surface area contributed by atoms with Gasteiger partial charge in [0.05, 0.1) is 24.9 Å². The molecule has 3 aromatic rings. The van der Waals surface area contributed by atoms with Crippen LogP contribution in [0.15, 0.2) is 59.0 Å². The van der Waals surface area contributed by atoms with Crippen LogP contribution in [0, 0.1) is 0 Å². The lowest BCUT2D eigenvalue weighted by Gasteiger charge is -2.09. The van der Waals surface area contributed by atoms with Crippen LogP contribution in [0.3, 0.4) is 0 Å². The number of carbonyl (C=O) groups excluding carboxylic acids is 1. The van der Waals surface area contributed by atoms with E-state index in [4.69, 9.17) is 21.1 Å². The average Bonchev–Trinajstić information content (AvgIpc) is 3.14. The number of para-hydroxylation sites is 1. The van der Waals surface area contributed by atoms with Crippen molar-refractivity contribution in [1.29, 1.82) is 0 Å². The zero-order valence-electron chi connectivity index (χ0n) is 15.8. The summed E-state index contributed by atoms with van der Waals surface area (Å²) < 4.78 is 10.8. The number of ether oxygens (including phenoxy) is 2. The Morgan fingerprint density at radius 3 is 2.97 bits per heavy atom. The third-order valence-corrected chi connectivity index (χ3v) is 4.78. The first-order chi connectivity index (χ1) is 14.1. The molecule has 29 heavy (non-hydrogen) atoms. The Balaban J connectivity index is 1.58. The van der Waals surface area contributed by atoms with Gasteiger partial charge >= 0.3 is 5.97 Å². The van der Waals surface area contributed by atoms with E-state index in [1.54, 1.807) is 18.5 Å². The van der Waals surface area contributed by atoms with Gasteiger partial charge in [-0.1, -0.05) is 35.9 Å². The highest BCUT2D eigenvalue weighted by molar-refractivity contribution is 7.13. The van der Waals surface area contributed by atoms with Crippen LogP contribution in [0.1, 0.15) is 23.7 Å². The van der Waals surface area contributed by atoms with Gasteiger partial charge < -0.3 is 9.47 Å². The lowest BCUT2D eigenvalue weighted by Crippen LogP contribution is -2.07. The number of nitrogens with one attached hydrogen (secondary N) is 1. The fraction of sp³-hybridized carbons (Fsp3) is 0.190. The molecule has 2 aromatic carbocycles. The molecule has 1 N–H and O–H groups in total. The second-order valence-corrected chi connectivity index (χ2v) is 7.25. The Kier molecular flexibility index (Phi) is 7.61. The summed E-state index contributed by atoms with van der Waals surface area (Å²) in [6.45, 7) is 2.54. The molecule has 0 aliphatic heterocycles. The number of hydrogen-bond donors (Lipinski definition) is 1. The van der Waals surface area contributed by atoms with Gasteiger partial charge in [-0.15, -0.1) is 11.3 Å². The molecule has 0 radical (unpaired) electrons. The van der Waals surface area contributed by atoms with Crippen molar-refractivity contribution in [3.05, 3.63) is 75.8 Å². The van der Waals surface area contributed by atoms with Gasteiger partial charge in [0.25, 0.3) is 0 Å². The van der Waals surface area contributed by atoms with Crippen molar-refractivity contribution < 1.29 is 14.3 Å². The molecule has 1 heterocycles. The van der Waals surface area contributed by atoms with Gasteiger partial charge in [0.2, 0.25) is 5.13 Å². The largest absolute Gasteiger partial charge is 0.488 e. The monoisotopic (exact) mass is 429 g/mol. The Morgan fingerprint density at radius 1 is 1.28 bits per heavy atom. The third kappa shape index (κ3) is 6.58. The molecule has 3 rings (SSSR count). The highest BCUT2D eigenvalue weighted by Gasteiger charge is 2.08. The number of anilines is 1. The van der Waals surface area contributed by atoms with E-state index in [0.717, 1.165) is 11.1 Å². The van der Waals surface area contributed by atoms with Gasteiger partial charge in [0, 0.05) is 16.0 Å². The highest BCUT2D eigenvalue weighted by atomic mass is 35.5. The molecule has 0 fully saturated rings. The molecule has 0 atom stereocenters. The van der Waals surface area contributed by atoms with Crippen LogP contribution in [0.2, 0.25) is 5.02 Å². The van der Waals surface area contributed by atoms with E-state index >= 15 is 0 Å². The summed E-state index contributed by atoms with van der Waals surface area (Å²) in [5.74, 6) is 0.416. The van der Waals surface area contributed by atoms with Gasteiger partial charge in [-0.05, 0) is 36.8 Å². The van der Waals surface area contributed by atoms with E-state index in [0.29, 0.717) is 34.8 Å². The van der Waals surface area contributed by atoms with E-state index in [9.17, 15) is 4.79 Å². The standard InChI is InChI=1S/C21H20ClN3O3S/c1-2-27-20(26)11-18-14-29-21(24-18)25-23-12-16-7-3-4-9-19(16)28-13-15-6-5-8-17(22)10-15/h3-10,12,14H,2,11,13H2,1H3,(H,24,25). The van der Waals surface area contributed by atoms with Crippen LogP contribution >= 0.6 is 22.9 Å². The van der Waals surface area contributed by atoms with Crippen LogP contribution in [-0.4, -0.2) is 23.8 Å². The zero-order chi connectivity index (χ0) is 20.5. The lowest BCUT2D eigenvalue weighted by molar-refractivity contribution is -0.142. The number of benzene rings is 2. The summed E-state index contributed by atoms with van der Waals surface area (Å²) >= 11 is 7.38. The maximum Gasteiger partial charge on any atom is 0.311 e. The van der Waals surface area contributed by atoms with Crippen molar-refractivity contribution in [2.45, 2.75) is 20.0 Å². The van der Waals surface area contributed by atoms with E-state index in [2.05, 4.69) is 15.5 Å². The number of esters is 1. The van der Waals surface area contributed by atoms with E-state index in [-0.39, 0.29) is 12.4 Å². The Morgan fingerprint density at radius 2 is 2.14 bits per heavy atom. The number of nitrogens with zero attached hydrogens (tertiary/aromatic N) is 2. The fourth-order valence-corrected chi connectivity index (χ4v) is 3.33. The van der Waals surface area contributed by atoms with E-state index in [1.165, 1.54) is 11.3 Å². The molecule has 0 amide bonds. The Hall–Kier alpha value is -2.90. The average molecular weight is 430 g/mol. The predicted octanol–water partition coefficient (Wildman–Crippen LogP) is 4.93. The summed E-state index contributed by atoms with van der Waals surface area (Å²) in [6, 6.07) is 15.2. The molecule has 0 aliphatic rings. The minimum absolute atomic E-state index is 0.149. The molecule has 0 unspecified atom stereocenters. The maximum absolute atomic E-state index is 11.5. The topological polar surface area (TPSA) is 72.8 Å². The predicted molar refractivity (Wildman–Crippen MR) is 116 cm³/mol. The summed E-state index contributed by atoms with van der Waals surface area (Å²) in [6.07, 6.45) is 1.82.